The van der Waals surface area contributed by atoms with E-state index in [1.54, 1.807) is 12.1 Å². The van der Waals surface area contributed by atoms with Gasteiger partial charge in [0.05, 0.1) is 22.2 Å². The number of anilines is 1. The van der Waals surface area contributed by atoms with Crippen LogP contribution >= 0.6 is 15.9 Å². The molecule has 3 aromatic rings. The van der Waals surface area contributed by atoms with Crippen LogP contribution in [0, 0.1) is 5.41 Å². The highest BCUT2D eigenvalue weighted by atomic mass is 79.9. The number of amides is 2. The highest BCUT2D eigenvalue weighted by Gasteiger charge is 2.16. The third-order valence-electron chi connectivity index (χ3n) is 3.46. The average Bonchev–Trinajstić information content (AvgIpc) is 2.92. The smallest absolute Gasteiger partial charge is 0.320 e. The number of urea groups is 1. The Balaban J connectivity index is 2.20. The molecule has 0 aliphatic carbocycles. The number of nitrogens with one attached hydrogen (secondary N) is 4. The maximum Gasteiger partial charge on any atom is 0.320 e. The zero-order valence-electron chi connectivity index (χ0n) is 12.6. The number of rotatable bonds is 3. The molecule has 0 fully saturated rings. The largest absolute Gasteiger partial charge is 0.341 e. The third kappa shape index (κ3) is 2.69. The molecule has 2 heterocycles. The normalized spacial score (nSPS) is 10.6. The minimum Gasteiger partial charge on any atom is -0.341 e. The number of carbonyl (C=O) groups excluding carboxylic acids is 1. The van der Waals surface area contributed by atoms with Gasteiger partial charge < -0.3 is 10.7 Å². The van der Waals surface area contributed by atoms with E-state index in [0.29, 0.717) is 22.2 Å². The highest BCUT2D eigenvalue weighted by molar-refractivity contribution is 9.10. The van der Waals surface area contributed by atoms with Crippen molar-refractivity contribution < 1.29 is 4.79 Å². The summed E-state index contributed by atoms with van der Waals surface area (Å²) in [5.41, 5.74) is 1.12. The lowest BCUT2D eigenvalue weighted by Crippen LogP contribution is -2.25. The Morgan fingerprint density at radius 2 is 2.08 bits per heavy atom. The van der Waals surface area contributed by atoms with E-state index in [-0.39, 0.29) is 11.4 Å². The van der Waals surface area contributed by atoms with Crippen LogP contribution in [0.1, 0.15) is 5.56 Å². The van der Waals surface area contributed by atoms with Gasteiger partial charge in [-0.05, 0) is 24.3 Å². The molecule has 1 aromatic carbocycles. The third-order valence-corrected chi connectivity index (χ3v) is 3.99. The van der Waals surface area contributed by atoms with Gasteiger partial charge in [-0.3, -0.25) is 15.2 Å². The summed E-state index contributed by atoms with van der Waals surface area (Å²) in [4.78, 5) is 28.2. The number of hydrogen-bond acceptors (Lipinski definition) is 4. The van der Waals surface area contributed by atoms with Crippen LogP contribution in [-0.2, 0) is 0 Å². The fourth-order valence-corrected chi connectivity index (χ4v) is 2.54. The Morgan fingerprint density at radius 3 is 2.71 bits per heavy atom. The average molecular weight is 389 g/mol. The maximum absolute atomic E-state index is 12.6. The van der Waals surface area contributed by atoms with Crippen molar-refractivity contribution in [1.29, 1.82) is 5.41 Å². The van der Waals surface area contributed by atoms with Crippen molar-refractivity contribution in [2.45, 2.75) is 0 Å². The molecule has 0 radical (unpaired) electrons. The number of H-pyrrole nitrogens is 1. The van der Waals surface area contributed by atoms with Crippen LogP contribution in [0.4, 0.5) is 10.6 Å². The van der Waals surface area contributed by atoms with Gasteiger partial charge in [-0.15, -0.1) is 0 Å². The maximum atomic E-state index is 12.6. The molecule has 0 unspecified atom stereocenters. The lowest BCUT2D eigenvalue weighted by Gasteiger charge is -2.06. The number of aromatic amines is 1. The van der Waals surface area contributed by atoms with Crippen LogP contribution < -0.4 is 16.2 Å². The summed E-state index contributed by atoms with van der Waals surface area (Å²) in [6.45, 7) is 0. The van der Waals surface area contributed by atoms with E-state index in [4.69, 9.17) is 5.41 Å². The summed E-state index contributed by atoms with van der Waals surface area (Å²) in [6, 6.07) is 6.74. The van der Waals surface area contributed by atoms with Crippen molar-refractivity contribution in [3.05, 3.63) is 50.9 Å². The fraction of sp³-hybridized carbons (Fsp3) is 0.0667. The second kappa shape index (κ2) is 6.28. The molecule has 0 aliphatic heterocycles. The van der Waals surface area contributed by atoms with Crippen molar-refractivity contribution in [3.63, 3.8) is 0 Å². The molecule has 0 saturated carbocycles. The lowest BCUT2D eigenvalue weighted by atomic mass is 10.2. The Morgan fingerprint density at radius 1 is 1.38 bits per heavy atom. The number of pyridine rings is 1. The van der Waals surface area contributed by atoms with E-state index < -0.39 is 6.03 Å². The zero-order chi connectivity index (χ0) is 17.3. The lowest BCUT2D eigenvalue weighted by molar-refractivity contribution is 0.254. The van der Waals surface area contributed by atoms with Gasteiger partial charge in [0.2, 0.25) is 0 Å². The predicted molar refractivity (Wildman–Crippen MR) is 95.4 cm³/mol. The van der Waals surface area contributed by atoms with Gasteiger partial charge in [-0.1, -0.05) is 15.9 Å². The molecule has 9 heteroatoms. The highest BCUT2D eigenvalue weighted by Crippen LogP contribution is 2.20. The SMILES string of the molecule is CNC(=O)Nc1ncc2c(=O)n(-c3ccc(Br)cc3)[nH]c2c1C=N. The topological polar surface area (TPSA) is 116 Å². The van der Waals surface area contributed by atoms with E-state index in [2.05, 4.69) is 36.6 Å². The monoisotopic (exact) mass is 388 g/mol. The molecular weight excluding hydrogens is 376 g/mol. The first-order valence-electron chi connectivity index (χ1n) is 6.94. The molecule has 8 nitrogen and oxygen atoms in total. The van der Waals surface area contributed by atoms with E-state index in [0.717, 1.165) is 10.7 Å². The van der Waals surface area contributed by atoms with E-state index >= 15 is 0 Å². The van der Waals surface area contributed by atoms with Crippen LogP contribution in [0.2, 0.25) is 0 Å². The molecule has 0 atom stereocenters. The molecule has 0 spiro atoms. The Labute approximate surface area is 144 Å². The first-order valence-corrected chi connectivity index (χ1v) is 7.73. The summed E-state index contributed by atoms with van der Waals surface area (Å²) >= 11 is 3.35. The number of hydrogen-bond donors (Lipinski definition) is 4. The van der Waals surface area contributed by atoms with Gasteiger partial charge in [0.25, 0.3) is 5.56 Å². The van der Waals surface area contributed by atoms with Crippen molar-refractivity contribution in [2.75, 3.05) is 12.4 Å². The minimum absolute atomic E-state index is 0.195. The Bertz CT molecular complexity index is 990. The molecule has 0 aliphatic rings. The van der Waals surface area contributed by atoms with Crippen molar-refractivity contribution in [3.8, 4) is 5.69 Å². The quantitative estimate of drug-likeness (QED) is 0.515. The predicted octanol–water partition coefficient (Wildman–Crippen LogP) is 2.23. The van der Waals surface area contributed by atoms with E-state index in [1.807, 2.05) is 12.1 Å². The second-order valence-corrected chi connectivity index (χ2v) is 5.80. The standard InChI is InChI=1S/C15H13BrN6O2/c1-18-15(24)20-13-10(6-17)12-11(7-19-13)14(23)22(21-12)9-4-2-8(16)3-5-9/h2-7,17,21H,1H3,(H2,18,19,20,24). The molecule has 2 aromatic heterocycles. The Kier molecular flexibility index (Phi) is 4.17. The summed E-state index contributed by atoms with van der Waals surface area (Å²) in [7, 11) is 1.48. The van der Waals surface area contributed by atoms with Gasteiger partial charge in [0.15, 0.2) is 0 Å². The van der Waals surface area contributed by atoms with Gasteiger partial charge in [-0.25, -0.2) is 14.5 Å². The van der Waals surface area contributed by atoms with Crippen molar-refractivity contribution in [2.24, 2.45) is 0 Å². The fourth-order valence-electron chi connectivity index (χ4n) is 2.27. The zero-order valence-corrected chi connectivity index (χ0v) is 14.1. The van der Waals surface area contributed by atoms with Gasteiger partial charge >= 0.3 is 6.03 Å². The van der Waals surface area contributed by atoms with E-state index in [9.17, 15) is 9.59 Å². The van der Waals surface area contributed by atoms with Gasteiger partial charge in [-0.2, -0.15) is 0 Å². The first kappa shape index (κ1) is 15.9. The summed E-state index contributed by atoms with van der Waals surface area (Å²) < 4.78 is 2.27. The van der Waals surface area contributed by atoms with Crippen LogP contribution in [-0.4, -0.2) is 34.1 Å². The first-order chi connectivity index (χ1) is 11.5. The van der Waals surface area contributed by atoms with Crippen LogP contribution in [0.25, 0.3) is 16.6 Å². The number of aromatic nitrogens is 3. The molecular formula is C15H13BrN6O2. The van der Waals surface area contributed by atoms with Crippen molar-refractivity contribution >= 4 is 44.9 Å². The van der Waals surface area contributed by atoms with Crippen LogP contribution in [0.3, 0.4) is 0 Å². The van der Waals surface area contributed by atoms with Gasteiger partial charge in [0.1, 0.15) is 5.82 Å². The summed E-state index contributed by atoms with van der Waals surface area (Å²) in [6.07, 6.45) is 2.42. The van der Waals surface area contributed by atoms with Crippen LogP contribution in [0.5, 0.6) is 0 Å². The molecule has 0 saturated heterocycles. The number of benzene rings is 1. The Hall–Kier alpha value is -2.94. The summed E-state index contributed by atoms with van der Waals surface area (Å²) in [5, 5.41) is 15.9. The van der Waals surface area contributed by atoms with E-state index in [1.165, 1.54) is 17.9 Å². The number of carbonyl (C=O) groups is 1. The number of fused-ring (bicyclic) bond motifs is 1. The molecule has 122 valence electrons. The molecule has 0 bridgehead atoms. The van der Waals surface area contributed by atoms with Crippen LogP contribution in [0.15, 0.2) is 39.7 Å². The minimum atomic E-state index is -0.459. The van der Waals surface area contributed by atoms with Crippen molar-refractivity contribution in [1.82, 2.24) is 20.1 Å². The molecule has 24 heavy (non-hydrogen) atoms. The molecule has 4 N–H and O–H groups in total. The number of halogens is 1. The number of nitrogens with zero attached hydrogens (tertiary/aromatic N) is 2. The molecule has 2 amide bonds. The van der Waals surface area contributed by atoms with Gasteiger partial charge in [0, 0.05) is 23.9 Å². The second-order valence-electron chi connectivity index (χ2n) is 4.89. The molecule has 3 rings (SSSR count). The summed E-state index contributed by atoms with van der Waals surface area (Å²) in [5.74, 6) is 0.195.